The summed E-state index contributed by atoms with van der Waals surface area (Å²) in [5, 5.41) is 6.83. The molecule has 1 atom stereocenters. The average Bonchev–Trinajstić information content (AvgIpc) is 3.37. The summed E-state index contributed by atoms with van der Waals surface area (Å²) >= 11 is 0. The fourth-order valence-corrected chi connectivity index (χ4v) is 3.34. The van der Waals surface area contributed by atoms with Crippen LogP contribution >= 0.6 is 0 Å². The maximum atomic E-state index is 12.5. The molecule has 0 saturated carbocycles. The Kier molecular flexibility index (Phi) is 5.46. The van der Waals surface area contributed by atoms with Gasteiger partial charge in [0.05, 0.1) is 12.1 Å². The molecule has 0 spiro atoms. The van der Waals surface area contributed by atoms with E-state index >= 15 is 0 Å². The summed E-state index contributed by atoms with van der Waals surface area (Å²) in [6, 6.07) is 15.7. The first-order valence-corrected chi connectivity index (χ1v) is 9.73. The summed E-state index contributed by atoms with van der Waals surface area (Å²) in [6.07, 6.45) is 0.695. The van der Waals surface area contributed by atoms with E-state index in [-0.39, 0.29) is 12.1 Å². The number of hydrogen-bond acceptors (Lipinski definition) is 5. The van der Waals surface area contributed by atoms with Crippen molar-refractivity contribution < 1.29 is 14.1 Å². The van der Waals surface area contributed by atoms with Gasteiger partial charge in [0, 0.05) is 19.5 Å². The summed E-state index contributed by atoms with van der Waals surface area (Å²) in [5.74, 6) is 1.69. The van der Waals surface area contributed by atoms with Gasteiger partial charge in [0.25, 0.3) is 5.89 Å². The molecule has 1 saturated heterocycles. The number of aryl methyl sites for hydroxylation is 2. The van der Waals surface area contributed by atoms with Gasteiger partial charge in [-0.3, -0.25) is 0 Å². The molecule has 3 aromatic rings. The van der Waals surface area contributed by atoms with E-state index in [1.165, 1.54) is 5.56 Å². The monoisotopic (exact) mass is 392 g/mol. The van der Waals surface area contributed by atoms with Crippen LogP contribution in [0.5, 0.6) is 5.75 Å². The molecule has 1 aliphatic heterocycles. The van der Waals surface area contributed by atoms with E-state index in [0.717, 1.165) is 17.5 Å². The van der Waals surface area contributed by atoms with Crippen LogP contribution in [0.4, 0.5) is 4.79 Å². The van der Waals surface area contributed by atoms with Crippen molar-refractivity contribution in [2.24, 2.45) is 0 Å². The number of likely N-dealkylation sites (tertiary alicyclic amines) is 1. The zero-order chi connectivity index (χ0) is 20.2. The lowest BCUT2D eigenvalue weighted by Crippen LogP contribution is -2.39. The Bertz CT molecular complexity index is 984. The Morgan fingerprint density at radius 2 is 2.00 bits per heavy atom. The molecule has 1 aromatic heterocycles. The number of nitrogens with one attached hydrogen (secondary N) is 1. The second kappa shape index (κ2) is 8.34. The fraction of sp³-hybridized carbons (Fsp3) is 0.318. The van der Waals surface area contributed by atoms with E-state index in [1.54, 1.807) is 11.8 Å². The minimum atomic E-state index is -0.0784. The van der Waals surface area contributed by atoms with Gasteiger partial charge < -0.3 is 19.5 Å². The number of nitrogens with zero attached hydrogens (tertiary/aromatic N) is 3. The Morgan fingerprint density at radius 3 is 2.76 bits per heavy atom. The Hall–Kier alpha value is -3.35. The van der Waals surface area contributed by atoms with Gasteiger partial charge in [0.1, 0.15) is 11.9 Å². The molecular weight excluding hydrogens is 368 g/mol. The molecule has 2 heterocycles. The van der Waals surface area contributed by atoms with Gasteiger partial charge in [-0.25, -0.2) is 4.79 Å². The SMILES string of the molecule is Cc1ccc(CNC(=O)N2CCC(Oc3ccccc3-c3nc(C)no3)C2)cc1. The van der Waals surface area contributed by atoms with Crippen LogP contribution in [0.1, 0.15) is 23.4 Å². The predicted molar refractivity (Wildman–Crippen MR) is 108 cm³/mol. The van der Waals surface area contributed by atoms with Gasteiger partial charge in [-0.2, -0.15) is 4.98 Å². The summed E-state index contributed by atoms with van der Waals surface area (Å²) in [7, 11) is 0. The quantitative estimate of drug-likeness (QED) is 0.716. The third-order valence-corrected chi connectivity index (χ3v) is 4.94. The molecule has 4 rings (SSSR count). The minimum absolute atomic E-state index is 0.0718. The molecule has 0 aliphatic carbocycles. The summed E-state index contributed by atoms with van der Waals surface area (Å²) < 4.78 is 11.5. The molecule has 2 aromatic carbocycles. The topological polar surface area (TPSA) is 80.5 Å². The van der Waals surface area contributed by atoms with Crippen molar-refractivity contribution in [3.63, 3.8) is 0 Å². The number of urea groups is 1. The van der Waals surface area contributed by atoms with Crippen LogP contribution in [-0.4, -0.2) is 40.3 Å². The van der Waals surface area contributed by atoms with Crippen molar-refractivity contribution in [1.82, 2.24) is 20.4 Å². The van der Waals surface area contributed by atoms with Gasteiger partial charge in [-0.05, 0) is 31.5 Å². The van der Waals surface area contributed by atoms with Gasteiger partial charge in [-0.1, -0.05) is 47.1 Å². The Labute approximate surface area is 169 Å². The van der Waals surface area contributed by atoms with Crippen molar-refractivity contribution in [1.29, 1.82) is 0 Å². The molecule has 1 N–H and O–H groups in total. The first kappa shape index (κ1) is 19.0. The molecular formula is C22H24N4O3. The first-order valence-electron chi connectivity index (χ1n) is 9.73. The number of para-hydroxylation sites is 1. The number of carbonyl (C=O) groups excluding carboxylic acids is 1. The van der Waals surface area contributed by atoms with E-state index in [2.05, 4.69) is 15.5 Å². The predicted octanol–water partition coefficient (Wildman–Crippen LogP) is 3.72. The largest absolute Gasteiger partial charge is 0.488 e. The van der Waals surface area contributed by atoms with Crippen molar-refractivity contribution in [3.05, 3.63) is 65.5 Å². The highest BCUT2D eigenvalue weighted by Crippen LogP contribution is 2.30. The molecule has 150 valence electrons. The second-order valence-electron chi connectivity index (χ2n) is 7.26. The zero-order valence-corrected chi connectivity index (χ0v) is 16.6. The number of hydrogen-bond donors (Lipinski definition) is 1. The highest BCUT2D eigenvalue weighted by molar-refractivity contribution is 5.74. The first-order chi connectivity index (χ1) is 14.1. The Morgan fingerprint density at radius 1 is 1.21 bits per heavy atom. The number of amides is 2. The van der Waals surface area contributed by atoms with Crippen LogP contribution in [0.15, 0.2) is 53.1 Å². The van der Waals surface area contributed by atoms with Gasteiger partial charge in [0.2, 0.25) is 0 Å². The van der Waals surface area contributed by atoms with Crippen LogP contribution in [-0.2, 0) is 6.54 Å². The van der Waals surface area contributed by atoms with Crippen molar-refractivity contribution in [2.45, 2.75) is 32.9 Å². The third-order valence-electron chi connectivity index (χ3n) is 4.94. The van der Waals surface area contributed by atoms with Crippen LogP contribution in [0.3, 0.4) is 0 Å². The Balaban J connectivity index is 1.34. The summed E-state index contributed by atoms with van der Waals surface area (Å²) in [5.41, 5.74) is 3.05. The molecule has 2 amide bonds. The summed E-state index contributed by atoms with van der Waals surface area (Å²) in [6.45, 7) is 5.54. The molecule has 0 bridgehead atoms. The number of rotatable bonds is 5. The molecule has 7 heteroatoms. The molecule has 0 radical (unpaired) electrons. The van der Waals surface area contributed by atoms with Crippen LogP contribution in [0.25, 0.3) is 11.5 Å². The average molecular weight is 392 g/mol. The smallest absolute Gasteiger partial charge is 0.317 e. The standard InChI is InChI=1S/C22H24N4O3/c1-15-7-9-17(10-8-15)13-23-22(27)26-12-11-18(14-26)28-20-6-4-3-5-19(20)21-24-16(2)25-29-21/h3-10,18H,11-14H2,1-2H3,(H,23,27). The number of carbonyl (C=O) groups is 1. The molecule has 29 heavy (non-hydrogen) atoms. The maximum absolute atomic E-state index is 12.5. The van der Waals surface area contributed by atoms with Crippen LogP contribution in [0, 0.1) is 13.8 Å². The summed E-state index contributed by atoms with van der Waals surface area (Å²) in [4.78, 5) is 18.6. The van der Waals surface area contributed by atoms with Gasteiger partial charge in [0.15, 0.2) is 5.82 Å². The van der Waals surface area contributed by atoms with Crippen molar-refractivity contribution >= 4 is 6.03 Å². The minimum Gasteiger partial charge on any atom is -0.488 e. The number of benzene rings is 2. The maximum Gasteiger partial charge on any atom is 0.317 e. The highest BCUT2D eigenvalue weighted by atomic mass is 16.5. The number of aromatic nitrogens is 2. The van der Waals surface area contributed by atoms with E-state index in [9.17, 15) is 4.79 Å². The molecule has 1 unspecified atom stereocenters. The third kappa shape index (κ3) is 4.56. The van der Waals surface area contributed by atoms with E-state index in [1.807, 2.05) is 55.5 Å². The van der Waals surface area contributed by atoms with E-state index in [4.69, 9.17) is 9.26 Å². The van der Waals surface area contributed by atoms with Crippen molar-refractivity contribution in [3.8, 4) is 17.2 Å². The van der Waals surface area contributed by atoms with E-state index < -0.39 is 0 Å². The highest BCUT2D eigenvalue weighted by Gasteiger charge is 2.28. The lowest BCUT2D eigenvalue weighted by Gasteiger charge is -2.18. The molecule has 7 nitrogen and oxygen atoms in total. The molecule has 1 fully saturated rings. The zero-order valence-electron chi connectivity index (χ0n) is 16.6. The van der Waals surface area contributed by atoms with E-state index in [0.29, 0.717) is 37.1 Å². The molecule has 1 aliphatic rings. The fourth-order valence-electron chi connectivity index (χ4n) is 3.34. The van der Waals surface area contributed by atoms with Crippen LogP contribution in [0.2, 0.25) is 0 Å². The van der Waals surface area contributed by atoms with Gasteiger partial charge >= 0.3 is 6.03 Å². The normalized spacial score (nSPS) is 16.1. The second-order valence-corrected chi connectivity index (χ2v) is 7.26. The lowest BCUT2D eigenvalue weighted by atomic mass is 10.1. The van der Waals surface area contributed by atoms with Crippen molar-refractivity contribution in [2.75, 3.05) is 13.1 Å². The lowest BCUT2D eigenvalue weighted by molar-refractivity contribution is 0.187. The number of ether oxygens (including phenoxy) is 1. The van der Waals surface area contributed by atoms with Crippen LogP contribution < -0.4 is 10.1 Å². The van der Waals surface area contributed by atoms with Gasteiger partial charge in [-0.15, -0.1) is 0 Å².